The fourth-order valence-electron chi connectivity index (χ4n) is 4.47. The van der Waals surface area contributed by atoms with E-state index in [1.807, 2.05) is 42.5 Å². The molecule has 1 aromatic heterocycles. The number of thiophene rings is 1. The van der Waals surface area contributed by atoms with E-state index in [1.165, 1.54) is 23.2 Å². The molecular formula is C30H32ClN5O4S. The summed E-state index contributed by atoms with van der Waals surface area (Å²) < 4.78 is 5.35. The Bertz CT molecular complexity index is 1580. The van der Waals surface area contributed by atoms with Gasteiger partial charge in [-0.3, -0.25) is 20.7 Å². The third-order valence-corrected chi connectivity index (χ3v) is 7.61. The van der Waals surface area contributed by atoms with Crippen LogP contribution in [0.4, 0.5) is 0 Å². The van der Waals surface area contributed by atoms with Crippen LogP contribution in [0.3, 0.4) is 0 Å². The molecule has 4 rings (SSSR count). The minimum atomic E-state index is -1.91. The van der Waals surface area contributed by atoms with E-state index in [0.29, 0.717) is 26.8 Å². The highest BCUT2D eigenvalue weighted by molar-refractivity contribution is 7.14. The van der Waals surface area contributed by atoms with Crippen LogP contribution >= 0.6 is 23.7 Å². The lowest BCUT2D eigenvalue weighted by Gasteiger charge is -2.38. The first kappa shape index (κ1) is 31.3. The summed E-state index contributed by atoms with van der Waals surface area (Å²) in [5.74, 6) is -1.45. The maximum absolute atomic E-state index is 13.4. The van der Waals surface area contributed by atoms with Crippen LogP contribution in [0.5, 0.6) is 0 Å². The number of ether oxygens (including phenoxy) is 1. The Labute approximate surface area is 248 Å². The quantitative estimate of drug-likeness (QED) is 0.0933. The van der Waals surface area contributed by atoms with E-state index in [0.717, 1.165) is 10.4 Å². The molecule has 1 heterocycles. The first-order valence-electron chi connectivity index (χ1n) is 12.7. The van der Waals surface area contributed by atoms with E-state index in [1.54, 1.807) is 43.3 Å². The van der Waals surface area contributed by atoms with Crippen molar-refractivity contribution in [3.8, 4) is 0 Å². The number of hydrogen-bond donors (Lipinski definition) is 4. The van der Waals surface area contributed by atoms with Crippen LogP contribution in [0.15, 0.2) is 78.9 Å². The average Bonchev–Trinajstić information content (AvgIpc) is 3.44. The number of fused-ring (bicyclic) bond motifs is 1. The zero-order chi connectivity index (χ0) is 28.9. The molecule has 0 fully saturated rings. The van der Waals surface area contributed by atoms with Crippen molar-refractivity contribution in [2.24, 2.45) is 11.5 Å². The number of nitrogen functional groups attached to an aromatic ring is 1. The largest absolute Gasteiger partial charge is 0.463 e. The van der Waals surface area contributed by atoms with Gasteiger partial charge < -0.3 is 20.7 Å². The molecule has 0 radical (unpaired) electrons. The summed E-state index contributed by atoms with van der Waals surface area (Å²) in [6.45, 7) is 3.51. The molecule has 0 bridgehead atoms. The number of hydrogen-bond acceptors (Lipinski definition) is 7. The zero-order valence-corrected chi connectivity index (χ0v) is 24.3. The maximum atomic E-state index is 13.4. The SMILES string of the molecule is CCOC(=O)C(N)(c1ccc2c(C(=O)NCc3ccc(C(=N)N)s3)cccc2c1)N(Cc1ccccc1)C(C)=O.Cl. The lowest BCUT2D eigenvalue weighted by Crippen LogP contribution is -2.60. The molecule has 3 aromatic carbocycles. The summed E-state index contributed by atoms with van der Waals surface area (Å²) in [7, 11) is 0. The van der Waals surface area contributed by atoms with Gasteiger partial charge in [-0.15, -0.1) is 23.7 Å². The van der Waals surface area contributed by atoms with Gasteiger partial charge in [-0.05, 0) is 47.5 Å². The van der Waals surface area contributed by atoms with Gasteiger partial charge in [-0.2, -0.15) is 0 Å². The van der Waals surface area contributed by atoms with E-state index in [4.69, 9.17) is 21.6 Å². The highest BCUT2D eigenvalue weighted by Crippen LogP contribution is 2.31. The fourth-order valence-corrected chi connectivity index (χ4v) is 5.28. The lowest BCUT2D eigenvalue weighted by atomic mass is 9.93. The molecule has 0 saturated carbocycles. The number of nitrogens with zero attached hydrogens (tertiary/aromatic N) is 1. The topological polar surface area (TPSA) is 152 Å². The van der Waals surface area contributed by atoms with Gasteiger partial charge in [0.1, 0.15) is 5.84 Å². The van der Waals surface area contributed by atoms with Crippen molar-refractivity contribution in [3.63, 3.8) is 0 Å². The van der Waals surface area contributed by atoms with Crippen molar-refractivity contribution in [2.45, 2.75) is 32.6 Å². The molecule has 0 aliphatic heterocycles. The standard InChI is InChI=1S/C30H31N5O4S.ClH/c1-3-39-29(38)30(33,35(19(2)36)18-20-8-5-4-6-9-20)22-12-14-24-21(16-22)10-7-11-25(24)28(37)34-17-23-13-15-26(40-23)27(31)32;/h4-16H,3,17-18,33H2,1-2H3,(H3,31,32)(H,34,37);1H. The summed E-state index contributed by atoms with van der Waals surface area (Å²) >= 11 is 1.34. The Morgan fingerprint density at radius 1 is 1.02 bits per heavy atom. The number of carbonyl (C=O) groups excluding carboxylic acids is 3. The van der Waals surface area contributed by atoms with Crippen LogP contribution in [0.1, 0.15) is 45.1 Å². The summed E-state index contributed by atoms with van der Waals surface area (Å²) in [6.07, 6.45) is 0. The zero-order valence-electron chi connectivity index (χ0n) is 22.7. The molecule has 0 aliphatic rings. The smallest absolute Gasteiger partial charge is 0.352 e. The van der Waals surface area contributed by atoms with Crippen molar-refractivity contribution in [1.29, 1.82) is 5.41 Å². The van der Waals surface area contributed by atoms with Crippen LogP contribution in [0, 0.1) is 5.41 Å². The first-order valence-corrected chi connectivity index (χ1v) is 13.5. The lowest BCUT2D eigenvalue weighted by molar-refractivity contribution is -0.165. The molecule has 4 aromatic rings. The number of nitrogens with two attached hydrogens (primary N) is 2. The van der Waals surface area contributed by atoms with E-state index in [-0.39, 0.29) is 43.8 Å². The minimum absolute atomic E-state index is 0. The Hall–Kier alpha value is -4.25. The number of nitrogens with one attached hydrogen (secondary N) is 2. The second kappa shape index (κ2) is 13.4. The molecule has 9 nitrogen and oxygen atoms in total. The maximum Gasteiger partial charge on any atom is 0.352 e. The monoisotopic (exact) mass is 593 g/mol. The predicted octanol–water partition coefficient (Wildman–Crippen LogP) is 4.26. The molecule has 6 N–H and O–H groups in total. The number of rotatable bonds is 10. The number of benzene rings is 3. The molecule has 11 heteroatoms. The molecular weight excluding hydrogens is 562 g/mol. The third-order valence-electron chi connectivity index (χ3n) is 6.49. The van der Waals surface area contributed by atoms with Crippen molar-refractivity contribution in [1.82, 2.24) is 10.2 Å². The van der Waals surface area contributed by atoms with Gasteiger partial charge in [0, 0.05) is 29.5 Å². The van der Waals surface area contributed by atoms with Gasteiger partial charge >= 0.3 is 5.97 Å². The molecule has 214 valence electrons. The van der Waals surface area contributed by atoms with Gasteiger partial charge in [0.05, 0.1) is 18.0 Å². The summed E-state index contributed by atoms with van der Waals surface area (Å²) in [5.41, 5.74) is 12.0. The van der Waals surface area contributed by atoms with E-state index < -0.39 is 17.5 Å². The number of carbonyl (C=O) groups is 3. The van der Waals surface area contributed by atoms with Gasteiger partial charge in [0.15, 0.2) is 0 Å². The molecule has 1 unspecified atom stereocenters. The van der Waals surface area contributed by atoms with Crippen LogP contribution in [0.2, 0.25) is 0 Å². The summed E-state index contributed by atoms with van der Waals surface area (Å²) in [6, 6.07) is 23.2. The van der Waals surface area contributed by atoms with Crippen molar-refractivity contribution < 1.29 is 19.1 Å². The van der Waals surface area contributed by atoms with Crippen molar-refractivity contribution in [2.75, 3.05) is 6.61 Å². The summed E-state index contributed by atoms with van der Waals surface area (Å²) in [4.78, 5) is 42.2. The molecule has 0 saturated heterocycles. The Morgan fingerprint density at radius 3 is 2.39 bits per heavy atom. The number of halogens is 1. The van der Waals surface area contributed by atoms with Gasteiger partial charge in [0.2, 0.25) is 11.6 Å². The number of amides is 2. The third kappa shape index (κ3) is 6.74. The van der Waals surface area contributed by atoms with E-state index in [2.05, 4.69) is 5.32 Å². The van der Waals surface area contributed by atoms with Crippen molar-refractivity contribution >= 4 is 58.1 Å². The first-order chi connectivity index (χ1) is 19.1. The second-order valence-electron chi connectivity index (χ2n) is 9.18. The van der Waals surface area contributed by atoms with Crippen LogP contribution < -0.4 is 16.8 Å². The molecule has 2 amide bonds. The van der Waals surface area contributed by atoms with Crippen LogP contribution in [0.25, 0.3) is 10.8 Å². The van der Waals surface area contributed by atoms with Crippen LogP contribution in [-0.4, -0.2) is 35.1 Å². The Balaban J connectivity index is 0.00000462. The van der Waals surface area contributed by atoms with Crippen molar-refractivity contribution in [3.05, 3.63) is 105 Å². The second-order valence-corrected chi connectivity index (χ2v) is 10.3. The predicted molar refractivity (Wildman–Crippen MR) is 163 cm³/mol. The fraction of sp³-hybridized carbons (Fsp3) is 0.200. The Kier molecular flexibility index (Phi) is 10.2. The van der Waals surface area contributed by atoms with E-state index in [9.17, 15) is 14.4 Å². The molecule has 41 heavy (non-hydrogen) atoms. The van der Waals surface area contributed by atoms with Crippen LogP contribution in [-0.2, 0) is 33.1 Å². The number of esters is 1. The molecule has 1 atom stereocenters. The number of amidine groups is 1. The summed E-state index contributed by atoms with van der Waals surface area (Å²) in [5, 5.41) is 11.8. The molecule has 0 aliphatic carbocycles. The Morgan fingerprint density at radius 2 is 1.76 bits per heavy atom. The minimum Gasteiger partial charge on any atom is -0.463 e. The van der Waals surface area contributed by atoms with Gasteiger partial charge in [-0.25, -0.2) is 4.79 Å². The van der Waals surface area contributed by atoms with Gasteiger partial charge in [0.25, 0.3) is 5.91 Å². The normalized spacial score (nSPS) is 12.1. The van der Waals surface area contributed by atoms with E-state index >= 15 is 0 Å². The average molecular weight is 594 g/mol. The molecule has 0 spiro atoms. The van der Waals surface area contributed by atoms with Gasteiger partial charge in [-0.1, -0.05) is 54.6 Å². The highest BCUT2D eigenvalue weighted by Gasteiger charge is 2.45. The highest BCUT2D eigenvalue weighted by atomic mass is 35.5.